The molecule has 3 heteroatoms. The topological polar surface area (TPSA) is 26.7 Å². The summed E-state index contributed by atoms with van der Waals surface area (Å²) in [5.74, 6) is 1.79. The first-order valence-electron chi connectivity index (χ1n) is 12.5. The molecule has 1 N–H and O–H groups in total. The van der Waals surface area contributed by atoms with Crippen LogP contribution in [0.1, 0.15) is 47.0 Å². The second-order valence-electron chi connectivity index (χ2n) is 10.6. The van der Waals surface area contributed by atoms with Gasteiger partial charge in [-0.05, 0) is 55.7 Å². The van der Waals surface area contributed by atoms with Crippen molar-refractivity contribution in [1.29, 1.82) is 0 Å². The van der Waals surface area contributed by atoms with E-state index in [1.165, 1.54) is 18.4 Å². The monoisotopic (exact) mass is 436 g/mol. The molecule has 3 nitrogen and oxygen atoms in total. The highest BCUT2D eigenvalue weighted by Crippen LogP contribution is 2.43. The number of aliphatic hydroxyl groups excluding tert-OH is 1. The van der Waals surface area contributed by atoms with Crippen LogP contribution in [0.25, 0.3) is 0 Å². The van der Waals surface area contributed by atoms with Crippen LogP contribution >= 0.6 is 0 Å². The minimum absolute atomic E-state index is 0.170. The molecule has 176 valence electrons. The molecule has 4 atom stereocenters. The van der Waals surface area contributed by atoms with Gasteiger partial charge >= 0.3 is 0 Å². The molecule has 0 radical (unpaired) electrons. The zero-order valence-corrected chi connectivity index (χ0v) is 20.9. The standard InChI is InChI=1S/C29H44N2O/c1-23(2)29(4,26-13-8-14-28(32)16-15-26)18-17-27-22-31(20-19-30(27)5)21-25-11-6-9-24(3)10-7-12-25/h6-11,13-16,23-24,26-27,32H,12,17-22H2,1-5H3/b9-6?,10-7-,25-11+/t24?,26?,27?,29-/m1/s1. The van der Waals surface area contributed by atoms with Crippen molar-refractivity contribution in [3.8, 4) is 0 Å². The molecule has 0 aromatic rings. The van der Waals surface area contributed by atoms with Gasteiger partial charge in [0.1, 0.15) is 5.76 Å². The Labute approximate surface area is 196 Å². The minimum atomic E-state index is 0.170. The summed E-state index contributed by atoms with van der Waals surface area (Å²) in [5, 5.41) is 9.89. The third kappa shape index (κ3) is 6.59. The van der Waals surface area contributed by atoms with Gasteiger partial charge in [-0.25, -0.2) is 0 Å². The Kier molecular flexibility index (Phi) is 8.79. The van der Waals surface area contributed by atoms with Crippen molar-refractivity contribution < 1.29 is 5.11 Å². The maximum Gasteiger partial charge on any atom is 0.115 e. The van der Waals surface area contributed by atoms with Crippen LogP contribution in [0.15, 0.2) is 72.1 Å². The van der Waals surface area contributed by atoms with E-state index in [1.54, 1.807) is 6.08 Å². The molecule has 0 saturated carbocycles. The fraction of sp³-hybridized carbons (Fsp3) is 0.586. The number of hydrogen-bond acceptors (Lipinski definition) is 3. The maximum absolute atomic E-state index is 9.89. The summed E-state index contributed by atoms with van der Waals surface area (Å²) in [4.78, 5) is 5.22. The number of likely N-dealkylation sites (N-methyl/N-ethyl adjacent to an activating group) is 1. The summed E-state index contributed by atoms with van der Waals surface area (Å²) in [7, 11) is 2.30. The summed E-state index contributed by atoms with van der Waals surface area (Å²) in [6, 6.07) is 0.590. The highest BCUT2D eigenvalue weighted by molar-refractivity contribution is 5.25. The molecule has 1 aliphatic heterocycles. The molecule has 1 heterocycles. The van der Waals surface area contributed by atoms with Crippen molar-refractivity contribution in [2.75, 3.05) is 33.2 Å². The second-order valence-corrected chi connectivity index (χ2v) is 10.6. The van der Waals surface area contributed by atoms with Crippen LogP contribution in [0.5, 0.6) is 0 Å². The van der Waals surface area contributed by atoms with Crippen LogP contribution in [0.3, 0.4) is 0 Å². The Morgan fingerprint density at radius 1 is 1.09 bits per heavy atom. The lowest BCUT2D eigenvalue weighted by Gasteiger charge is -2.44. The lowest BCUT2D eigenvalue weighted by Crippen LogP contribution is -2.52. The fourth-order valence-electron chi connectivity index (χ4n) is 5.16. The molecule has 0 bridgehead atoms. The van der Waals surface area contributed by atoms with Gasteiger partial charge in [0.2, 0.25) is 0 Å². The third-order valence-corrected chi connectivity index (χ3v) is 8.01. The van der Waals surface area contributed by atoms with Crippen molar-refractivity contribution >= 4 is 0 Å². The molecule has 0 amide bonds. The van der Waals surface area contributed by atoms with Gasteiger partial charge in [-0.15, -0.1) is 0 Å². The molecular weight excluding hydrogens is 392 g/mol. The smallest absolute Gasteiger partial charge is 0.115 e. The van der Waals surface area contributed by atoms with E-state index in [2.05, 4.69) is 87.1 Å². The van der Waals surface area contributed by atoms with Gasteiger partial charge in [0, 0.05) is 38.1 Å². The normalized spacial score (nSPS) is 31.9. The average molecular weight is 437 g/mol. The third-order valence-electron chi connectivity index (χ3n) is 8.01. The Hall–Kier alpha value is -1.84. The molecule has 0 spiro atoms. The number of aliphatic hydroxyl groups is 1. The van der Waals surface area contributed by atoms with Gasteiger partial charge in [0.25, 0.3) is 0 Å². The van der Waals surface area contributed by atoms with Crippen molar-refractivity contribution in [1.82, 2.24) is 9.80 Å². The van der Waals surface area contributed by atoms with Gasteiger partial charge in [-0.2, -0.15) is 0 Å². The van der Waals surface area contributed by atoms with Crippen molar-refractivity contribution in [2.45, 2.75) is 53.0 Å². The quantitative estimate of drug-likeness (QED) is 0.474. The van der Waals surface area contributed by atoms with Crippen LogP contribution < -0.4 is 0 Å². The van der Waals surface area contributed by atoms with E-state index < -0.39 is 0 Å². The molecule has 3 aliphatic rings. The summed E-state index contributed by atoms with van der Waals surface area (Å²) in [6.45, 7) is 13.9. The van der Waals surface area contributed by atoms with Crippen molar-refractivity contribution in [2.24, 2.45) is 23.2 Å². The zero-order chi connectivity index (χ0) is 23.1. The van der Waals surface area contributed by atoms with Crippen LogP contribution in [0.2, 0.25) is 0 Å². The van der Waals surface area contributed by atoms with Crippen LogP contribution in [-0.2, 0) is 0 Å². The molecular formula is C29H44N2O. The first-order chi connectivity index (χ1) is 15.3. The SMILES string of the molecule is CC1C=C/C=C(/CN2CCN(C)C(CC[C@](C)(C(C)C)C3C=CC=C(O)C=C3)C2)C/C=C\1. The van der Waals surface area contributed by atoms with E-state index in [0.717, 1.165) is 32.6 Å². The Morgan fingerprint density at radius 2 is 1.88 bits per heavy atom. The summed E-state index contributed by atoms with van der Waals surface area (Å²) in [5.41, 5.74) is 1.68. The van der Waals surface area contributed by atoms with E-state index in [1.807, 2.05) is 12.2 Å². The van der Waals surface area contributed by atoms with Gasteiger partial charge in [-0.3, -0.25) is 4.90 Å². The Balaban J connectivity index is 1.62. The first kappa shape index (κ1) is 24.8. The van der Waals surface area contributed by atoms with Crippen molar-refractivity contribution in [3.05, 3.63) is 72.1 Å². The van der Waals surface area contributed by atoms with Crippen LogP contribution in [0, 0.1) is 23.2 Å². The van der Waals surface area contributed by atoms with E-state index in [9.17, 15) is 5.11 Å². The van der Waals surface area contributed by atoms with Crippen molar-refractivity contribution in [3.63, 3.8) is 0 Å². The van der Waals surface area contributed by atoms with Gasteiger partial charge in [-0.1, -0.05) is 81.9 Å². The average Bonchev–Trinajstić information content (AvgIpc) is 2.96. The maximum atomic E-state index is 9.89. The molecule has 0 aromatic carbocycles. The van der Waals surface area contributed by atoms with Crippen LogP contribution in [-0.4, -0.2) is 54.2 Å². The highest BCUT2D eigenvalue weighted by Gasteiger charge is 2.36. The molecule has 3 unspecified atom stereocenters. The predicted octanol–water partition coefficient (Wildman–Crippen LogP) is 6.31. The lowest BCUT2D eigenvalue weighted by atomic mass is 9.65. The zero-order valence-electron chi connectivity index (χ0n) is 20.9. The summed E-state index contributed by atoms with van der Waals surface area (Å²) in [6.07, 6.45) is 25.1. The van der Waals surface area contributed by atoms with Gasteiger partial charge < -0.3 is 10.0 Å². The van der Waals surface area contributed by atoms with Crippen LogP contribution in [0.4, 0.5) is 0 Å². The summed E-state index contributed by atoms with van der Waals surface area (Å²) < 4.78 is 0. The number of nitrogens with zero attached hydrogens (tertiary/aromatic N) is 2. The molecule has 1 fully saturated rings. The Morgan fingerprint density at radius 3 is 2.66 bits per heavy atom. The number of piperazine rings is 1. The predicted molar refractivity (Wildman–Crippen MR) is 138 cm³/mol. The van der Waals surface area contributed by atoms with E-state index >= 15 is 0 Å². The lowest BCUT2D eigenvalue weighted by molar-refractivity contribution is 0.0721. The molecule has 32 heavy (non-hydrogen) atoms. The minimum Gasteiger partial charge on any atom is -0.508 e. The second kappa shape index (κ2) is 11.3. The largest absolute Gasteiger partial charge is 0.508 e. The molecule has 1 saturated heterocycles. The highest BCUT2D eigenvalue weighted by atomic mass is 16.3. The fourth-order valence-corrected chi connectivity index (χ4v) is 5.16. The number of hydrogen-bond donors (Lipinski definition) is 1. The number of rotatable bonds is 7. The van der Waals surface area contributed by atoms with Gasteiger partial charge in [0.05, 0.1) is 0 Å². The van der Waals surface area contributed by atoms with E-state index in [0.29, 0.717) is 29.6 Å². The van der Waals surface area contributed by atoms with Gasteiger partial charge in [0.15, 0.2) is 0 Å². The summed E-state index contributed by atoms with van der Waals surface area (Å²) >= 11 is 0. The molecule has 2 aliphatic carbocycles. The van der Waals surface area contributed by atoms with E-state index in [-0.39, 0.29) is 5.41 Å². The molecule has 3 rings (SSSR count). The first-order valence-corrected chi connectivity index (χ1v) is 12.5. The molecule has 0 aromatic heterocycles. The van der Waals surface area contributed by atoms with E-state index in [4.69, 9.17) is 0 Å². The Bertz CT molecular complexity index is 800. The number of allylic oxidation sites excluding steroid dienone is 10.